The van der Waals surface area contributed by atoms with E-state index in [9.17, 15) is 0 Å². The molecule has 1 aromatic rings. The van der Waals surface area contributed by atoms with Crippen molar-refractivity contribution in [3.05, 3.63) is 28.8 Å². The van der Waals surface area contributed by atoms with Crippen LogP contribution in [0, 0.1) is 11.3 Å². The van der Waals surface area contributed by atoms with Gasteiger partial charge in [-0.2, -0.15) is 5.26 Å². The first-order valence-corrected chi connectivity index (χ1v) is 7.06. The molecule has 0 bridgehead atoms. The molecule has 0 spiro atoms. The Kier molecular flexibility index (Phi) is 3.84. The number of thioether (sulfide) groups is 1. The van der Waals surface area contributed by atoms with E-state index in [1.807, 2.05) is 12.1 Å². The van der Waals surface area contributed by atoms with Crippen LogP contribution in [0.15, 0.2) is 23.2 Å². The van der Waals surface area contributed by atoms with Crippen LogP contribution >= 0.6 is 23.4 Å². The van der Waals surface area contributed by atoms with Gasteiger partial charge in [0.05, 0.1) is 16.1 Å². The van der Waals surface area contributed by atoms with Crippen LogP contribution in [0.2, 0.25) is 5.02 Å². The second kappa shape index (κ2) is 5.21. The molecule has 0 saturated carbocycles. The van der Waals surface area contributed by atoms with Crippen molar-refractivity contribution < 1.29 is 0 Å². The van der Waals surface area contributed by atoms with Crippen LogP contribution in [0.5, 0.6) is 0 Å². The summed E-state index contributed by atoms with van der Waals surface area (Å²) in [6.45, 7) is 4.25. The highest BCUT2D eigenvalue weighted by Crippen LogP contribution is 2.27. The molecule has 1 aliphatic rings. The molecule has 1 aliphatic heterocycles. The van der Waals surface area contributed by atoms with E-state index in [0.717, 1.165) is 23.0 Å². The van der Waals surface area contributed by atoms with E-state index in [1.54, 1.807) is 23.9 Å². The molecule has 0 fully saturated rings. The first-order chi connectivity index (χ1) is 8.50. The predicted molar refractivity (Wildman–Crippen MR) is 78.4 cm³/mol. The largest absolute Gasteiger partial charge is 0.335 e. The van der Waals surface area contributed by atoms with Crippen molar-refractivity contribution >= 4 is 34.2 Å². The molecule has 5 heteroatoms. The van der Waals surface area contributed by atoms with E-state index in [-0.39, 0.29) is 5.54 Å². The zero-order valence-corrected chi connectivity index (χ0v) is 11.9. The summed E-state index contributed by atoms with van der Waals surface area (Å²) in [7, 11) is 0. The maximum absolute atomic E-state index is 8.82. The van der Waals surface area contributed by atoms with Gasteiger partial charge in [0.15, 0.2) is 5.17 Å². The number of hydrogen-bond acceptors (Lipinski definition) is 4. The molecule has 1 N–H and O–H groups in total. The van der Waals surface area contributed by atoms with Crippen molar-refractivity contribution in [1.82, 2.24) is 0 Å². The average Bonchev–Trinajstić information content (AvgIpc) is 2.28. The number of anilines is 1. The van der Waals surface area contributed by atoms with Crippen LogP contribution in [0.1, 0.15) is 25.8 Å². The Morgan fingerprint density at radius 3 is 2.89 bits per heavy atom. The Labute approximate surface area is 116 Å². The fraction of sp³-hybridized carbons (Fsp3) is 0.385. The second-order valence-corrected chi connectivity index (χ2v) is 6.25. The van der Waals surface area contributed by atoms with Crippen molar-refractivity contribution in [2.75, 3.05) is 11.1 Å². The van der Waals surface area contributed by atoms with Crippen molar-refractivity contribution in [2.45, 2.75) is 25.8 Å². The Morgan fingerprint density at radius 2 is 2.28 bits per heavy atom. The number of nitrogens with one attached hydrogen (secondary N) is 1. The highest BCUT2D eigenvalue weighted by atomic mass is 35.5. The van der Waals surface area contributed by atoms with Crippen molar-refractivity contribution in [1.29, 1.82) is 5.26 Å². The normalized spacial score (nSPS) is 17.8. The molecule has 0 aliphatic carbocycles. The third-order valence-corrected chi connectivity index (χ3v) is 3.89. The number of aliphatic imine (C=N–C) groups is 1. The lowest BCUT2D eigenvalue weighted by Gasteiger charge is -2.26. The van der Waals surface area contributed by atoms with Gasteiger partial charge in [0.1, 0.15) is 6.07 Å². The smallest absolute Gasteiger partial charge is 0.161 e. The van der Waals surface area contributed by atoms with Gasteiger partial charge in [-0.3, -0.25) is 4.99 Å². The summed E-state index contributed by atoms with van der Waals surface area (Å²) >= 11 is 7.70. The fourth-order valence-corrected chi connectivity index (χ4v) is 3.15. The quantitative estimate of drug-likeness (QED) is 0.848. The lowest BCUT2D eigenvalue weighted by atomic mass is 10.0. The molecule has 0 saturated heterocycles. The summed E-state index contributed by atoms with van der Waals surface area (Å²) in [6.07, 6.45) is 1.08. The van der Waals surface area contributed by atoms with Gasteiger partial charge in [-0.05, 0) is 38.5 Å². The van der Waals surface area contributed by atoms with E-state index in [2.05, 4.69) is 24.2 Å². The molecule has 0 amide bonds. The summed E-state index contributed by atoms with van der Waals surface area (Å²) in [5, 5.41) is 13.4. The first kappa shape index (κ1) is 13.3. The van der Waals surface area contributed by atoms with Gasteiger partial charge in [0.2, 0.25) is 0 Å². The van der Waals surface area contributed by atoms with Gasteiger partial charge in [-0.1, -0.05) is 23.4 Å². The first-order valence-electron chi connectivity index (χ1n) is 5.69. The van der Waals surface area contributed by atoms with Crippen LogP contribution in [-0.2, 0) is 0 Å². The lowest BCUT2D eigenvalue weighted by molar-refractivity contribution is 0.507. The second-order valence-electron chi connectivity index (χ2n) is 4.76. The number of halogens is 1. The molecule has 0 unspecified atom stereocenters. The van der Waals surface area contributed by atoms with Crippen molar-refractivity contribution in [3.8, 4) is 6.07 Å². The molecular formula is C13H14ClN3S. The molecule has 2 rings (SSSR count). The van der Waals surface area contributed by atoms with E-state index in [0.29, 0.717) is 10.6 Å². The van der Waals surface area contributed by atoms with Crippen molar-refractivity contribution in [2.24, 2.45) is 4.99 Å². The van der Waals surface area contributed by atoms with Gasteiger partial charge in [0, 0.05) is 11.4 Å². The van der Waals surface area contributed by atoms with E-state index in [4.69, 9.17) is 16.9 Å². The monoisotopic (exact) mass is 279 g/mol. The maximum Gasteiger partial charge on any atom is 0.161 e. The Hall–Kier alpha value is -1.18. The van der Waals surface area contributed by atoms with Gasteiger partial charge < -0.3 is 5.32 Å². The molecular weight excluding hydrogens is 266 g/mol. The van der Waals surface area contributed by atoms with E-state index < -0.39 is 0 Å². The molecule has 0 radical (unpaired) electrons. The van der Waals surface area contributed by atoms with E-state index >= 15 is 0 Å². The topological polar surface area (TPSA) is 48.2 Å². The minimum atomic E-state index is -0.00995. The highest BCUT2D eigenvalue weighted by Gasteiger charge is 2.22. The zero-order chi connectivity index (χ0) is 13.2. The van der Waals surface area contributed by atoms with Gasteiger partial charge >= 0.3 is 0 Å². The number of nitrogens with zero attached hydrogens (tertiary/aromatic N) is 2. The van der Waals surface area contributed by atoms with E-state index in [1.165, 1.54) is 0 Å². The predicted octanol–water partition coefficient (Wildman–Crippen LogP) is 3.90. The van der Waals surface area contributed by atoms with Crippen LogP contribution in [0.4, 0.5) is 5.69 Å². The van der Waals surface area contributed by atoms with Crippen LogP contribution in [0.3, 0.4) is 0 Å². The fourth-order valence-electron chi connectivity index (χ4n) is 1.63. The highest BCUT2D eigenvalue weighted by molar-refractivity contribution is 8.14. The third-order valence-electron chi connectivity index (χ3n) is 2.70. The van der Waals surface area contributed by atoms with Crippen LogP contribution < -0.4 is 5.32 Å². The Morgan fingerprint density at radius 1 is 1.50 bits per heavy atom. The molecule has 0 aromatic heterocycles. The molecule has 0 atom stereocenters. The van der Waals surface area contributed by atoms with Crippen LogP contribution in [0.25, 0.3) is 0 Å². The Balaban J connectivity index is 2.18. The zero-order valence-electron chi connectivity index (χ0n) is 10.3. The Bertz CT molecular complexity index is 532. The lowest BCUT2D eigenvalue weighted by Crippen LogP contribution is -2.27. The number of benzene rings is 1. The average molecular weight is 280 g/mol. The standard InChI is InChI=1S/C13H14ClN3S/c1-13(2)5-6-18-12(17-13)16-10-4-3-9(8-15)11(14)7-10/h3-4,7H,5-6H2,1-2H3,(H,16,17). The summed E-state index contributed by atoms with van der Waals surface area (Å²) in [4.78, 5) is 4.64. The van der Waals surface area contributed by atoms with Gasteiger partial charge in [-0.15, -0.1) is 0 Å². The summed E-state index contributed by atoms with van der Waals surface area (Å²) in [5.74, 6) is 1.06. The number of nitriles is 1. The molecule has 3 nitrogen and oxygen atoms in total. The van der Waals surface area contributed by atoms with Crippen molar-refractivity contribution in [3.63, 3.8) is 0 Å². The van der Waals surface area contributed by atoms with Gasteiger partial charge in [0.25, 0.3) is 0 Å². The molecule has 1 heterocycles. The number of hydrogen-bond donors (Lipinski definition) is 1. The molecule has 18 heavy (non-hydrogen) atoms. The number of amidine groups is 1. The maximum atomic E-state index is 8.82. The molecule has 1 aromatic carbocycles. The summed E-state index contributed by atoms with van der Waals surface area (Å²) < 4.78 is 0. The minimum absolute atomic E-state index is 0.00995. The summed E-state index contributed by atoms with van der Waals surface area (Å²) in [5.41, 5.74) is 1.34. The van der Waals surface area contributed by atoms with Gasteiger partial charge in [-0.25, -0.2) is 0 Å². The third kappa shape index (κ3) is 3.18. The van der Waals surface area contributed by atoms with Crippen LogP contribution in [-0.4, -0.2) is 16.5 Å². The molecule has 94 valence electrons. The SMILES string of the molecule is CC1(C)CCSC(Nc2ccc(C#N)c(Cl)c2)=N1. The minimum Gasteiger partial charge on any atom is -0.335 e. The summed E-state index contributed by atoms with van der Waals surface area (Å²) in [6, 6.07) is 7.35. The number of rotatable bonds is 1.